The van der Waals surface area contributed by atoms with Gasteiger partial charge in [0.25, 0.3) is 0 Å². The van der Waals surface area contributed by atoms with Crippen LogP contribution in [0.1, 0.15) is 176 Å². The summed E-state index contributed by atoms with van der Waals surface area (Å²) in [5, 5.41) is 0. The number of carbonyl (C=O) groups is 4. The smallest absolute Gasteiger partial charge is 0.312 e. The van der Waals surface area contributed by atoms with E-state index < -0.39 is 28.5 Å². The van der Waals surface area contributed by atoms with Crippen LogP contribution in [0.25, 0.3) is 0 Å². The molecule has 0 N–H and O–H groups in total. The molecule has 51 heavy (non-hydrogen) atoms. The predicted molar refractivity (Wildman–Crippen MR) is 209 cm³/mol. The number of carbonyl (C=O) groups excluding carboxylic acids is 4. The molecule has 0 radical (unpaired) electrons. The largest absolute Gasteiger partial charge is 0.469 e. The zero-order valence-corrected chi connectivity index (χ0v) is 28.9. The van der Waals surface area contributed by atoms with Crippen molar-refractivity contribution in [2.75, 3.05) is 13.7 Å². The molecule has 5 unspecified atom stereocenters. The zero-order chi connectivity index (χ0) is 32.8. The molecule has 5 saturated carbocycles. The minimum atomic E-state index is -0.785. The lowest BCUT2D eigenvalue weighted by molar-refractivity contribution is -0.203. The fourth-order valence-electron chi connectivity index (χ4n) is 10.6. The molecule has 7 fully saturated rings. The zero-order valence-electron chi connectivity index (χ0n) is 28.9. The predicted octanol–water partition coefficient (Wildman–Crippen LogP) is 11.0. The summed E-state index contributed by atoms with van der Waals surface area (Å²) < 4.78 is 22.0. The van der Waals surface area contributed by atoms with Crippen LogP contribution in [0.15, 0.2) is 0 Å². The summed E-state index contributed by atoms with van der Waals surface area (Å²) in [7, 11) is 1.38. The third-order valence-electron chi connectivity index (χ3n) is 12.6. The highest BCUT2D eigenvalue weighted by Gasteiger charge is 2.59. The van der Waals surface area contributed by atoms with Gasteiger partial charge in [-0.25, -0.2) is 0 Å². The molecule has 5 aliphatic carbocycles. The molecule has 5 atom stereocenters. The van der Waals surface area contributed by atoms with Crippen molar-refractivity contribution in [2.45, 2.75) is 187 Å². The van der Waals surface area contributed by atoms with Gasteiger partial charge < -0.3 is 18.9 Å². The van der Waals surface area contributed by atoms with Gasteiger partial charge in [0.1, 0.15) is 11.2 Å². The molecule has 0 aromatic rings. The monoisotopic (exact) mass is 727 g/mol. The first kappa shape index (κ1) is 51.0. The van der Waals surface area contributed by atoms with Gasteiger partial charge in [-0.05, 0) is 123 Å². The van der Waals surface area contributed by atoms with Crippen molar-refractivity contribution < 1.29 is 38.1 Å². The molecule has 0 aromatic heterocycles. The van der Waals surface area contributed by atoms with Crippen molar-refractivity contribution in [2.24, 2.45) is 52.3 Å². The topological polar surface area (TPSA) is 105 Å². The van der Waals surface area contributed by atoms with Gasteiger partial charge in [-0.3, -0.25) is 19.2 Å². The first-order chi connectivity index (χ1) is 21.1. The molecular weight excluding hydrogens is 644 g/mol. The second kappa shape index (κ2) is 19.3. The molecular formula is C43H82O8. The maximum Gasteiger partial charge on any atom is 0.312 e. The number of ether oxygens (including phenoxy) is 4. The summed E-state index contributed by atoms with van der Waals surface area (Å²) in [6, 6.07) is 0. The fraction of sp³-hybridized carbons (Fsp3) is 0.907. The maximum absolute atomic E-state index is 13.9. The lowest BCUT2D eigenvalue weighted by Crippen LogP contribution is -2.57. The average molecular weight is 727 g/mol. The number of esters is 4. The maximum atomic E-state index is 13.9. The van der Waals surface area contributed by atoms with Crippen molar-refractivity contribution in [3.8, 4) is 0 Å². The van der Waals surface area contributed by atoms with Crippen LogP contribution in [0.4, 0.5) is 0 Å². The normalized spacial score (nSPS) is 33.0. The summed E-state index contributed by atoms with van der Waals surface area (Å²) in [5.74, 6) is 1.33. The van der Waals surface area contributed by atoms with Crippen molar-refractivity contribution in [3.05, 3.63) is 0 Å². The summed E-state index contributed by atoms with van der Waals surface area (Å²) in [6.45, 7) is 12.5. The molecule has 7 rings (SSSR count). The van der Waals surface area contributed by atoms with E-state index in [0.29, 0.717) is 38.2 Å². The van der Waals surface area contributed by atoms with Crippen molar-refractivity contribution >= 4 is 23.9 Å². The molecule has 2 heterocycles. The van der Waals surface area contributed by atoms with Crippen molar-refractivity contribution in [1.29, 1.82) is 0 Å². The van der Waals surface area contributed by atoms with Crippen LogP contribution in [0.5, 0.6) is 0 Å². The summed E-state index contributed by atoms with van der Waals surface area (Å²) in [6.07, 6.45) is 14.0. The highest BCUT2D eigenvalue weighted by atomic mass is 16.6. The minimum absolute atomic E-state index is 0. The molecule has 2 aliphatic heterocycles. The van der Waals surface area contributed by atoms with Gasteiger partial charge in [0, 0.05) is 17.8 Å². The lowest BCUT2D eigenvalue weighted by atomic mass is 9.46. The molecule has 4 bridgehead atoms. The van der Waals surface area contributed by atoms with Crippen LogP contribution in [0.3, 0.4) is 0 Å². The Hall–Kier alpha value is -2.12. The molecule has 302 valence electrons. The van der Waals surface area contributed by atoms with Crippen LogP contribution in [-0.2, 0) is 38.1 Å². The van der Waals surface area contributed by atoms with Crippen LogP contribution in [0.2, 0.25) is 0 Å². The van der Waals surface area contributed by atoms with Gasteiger partial charge in [0.15, 0.2) is 0 Å². The summed E-state index contributed by atoms with van der Waals surface area (Å²) in [5.41, 5.74) is -1.90. The van der Waals surface area contributed by atoms with E-state index in [0.717, 1.165) is 43.4 Å². The molecule has 0 aromatic carbocycles. The van der Waals surface area contributed by atoms with Gasteiger partial charge >= 0.3 is 23.9 Å². The van der Waals surface area contributed by atoms with E-state index in [9.17, 15) is 19.2 Å². The van der Waals surface area contributed by atoms with Gasteiger partial charge in [-0.1, -0.05) is 64.3 Å². The molecule has 0 amide bonds. The highest BCUT2D eigenvalue weighted by Crippen LogP contribution is 2.64. The Morgan fingerprint density at radius 3 is 1.82 bits per heavy atom. The minimum Gasteiger partial charge on any atom is -0.469 e. The number of rotatable bonds is 9. The summed E-state index contributed by atoms with van der Waals surface area (Å²) in [4.78, 5) is 50.2. The Balaban J connectivity index is 0. The SMILES string of the molecule is C.C.C.C.C.C.CCC(CC(CC1(C)CC(C)(C)OC1=O)C(=O)OC(C)(C)C12CC3CC(CC(C3)C1)C2)C(=O)OC.O=C1OCC2CCCCC12. The quantitative estimate of drug-likeness (QED) is 0.171. The van der Waals surface area contributed by atoms with E-state index >= 15 is 0 Å². The van der Waals surface area contributed by atoms with E-state index in [4.69, 9.17) is 18.9 Å². The number of hydrogen-bond donors (Lipinski definition) is 0. The van der Waals surface area contributed by atoms with Gasteiger partial charge in [0.05, 0.1) is 36.9 Å². The second-order valence-corrected chi connectivity index (χ2v) is 17.1. The van der Waals surface area contributed by atoms with Crippen LogP contribution in [0, 0.1) is 52.3 Å². The first-order valence-corrected chi connectivity index (χ1v) is 17.8. The van der Waals surface area contributed by atoms with E-state index in [1.54, 1.807) is 0 Å². The fourth-order valence-corrected chi connectivity index (χ4v) is 10.6. The van der Waals surface area contributed by atoms with Crippen LogP contribution in [-0.4, -0.2) is 48.8 Å². The van der Waals surface area contributed by atoms with E-state index in [-0.39, 0.29) is 79.8 Å². The average Bonchev–Trinajstić information content (AvgIpc) is 3.43. The number of hydrogen-bond acceptors (Lipinski definition) is 8. The van der Waals surface area contributed by atoms with Gasteiger partial charge in [0.2, 0.25) is 0 Å². The first-order valence-electron chi connectivity index (χ1n) is 17.8. The number of fused-ring (bicyclic) bond motifs is 1. The Morgan fingerprint density at radius 1 is 0.843 bits per heavy atom. The number of cyclic esters (lactones) is 2. The Morgan fingerprint density at radius 2 is 1.37 bits per heavy atom. The second-order valence-electron chi connectivity index (χ2n) is 17.1. The van der Waals surface area contributed by atoms with Crippen molar-refractivity contribution in [1.82, 2.24) is 0 Å². The van der Waals surface area contributed by atoms with Gasteiger partial charge in [-0.15, -0.1) is 0 Å². The Labute approximate surface area is 314 Å². The molecule has 8 heteroatoms. The molecule has 0 spiro atoms. The van der Waals surface area contributed by atoms with Gasteiger partial charge in [-0.2, -0.15) is 0 Å². The Kier molecular flexibility index (Phi) is 19.3. The highest BCUT2D eigenvalue weighted by molar-refractivity contribution is 5.81. The lowest BCUT2D eigenvalue weighted by Gasteiger charge is -2.61. The molecule has 8 nitrogen and oxygen atoms in total. The van der Waals surface area contributed by atoms with E-state index in [2.05, 4.69) is 13.8 Å². The molecule has 2 saturated heterocycles. The van der Waals surface area contributed by atoms with Crippen molar-refractivity contribution in [3.63, 3.8) is 0 Å². The standard InChI is InChI=1S/C29H46O6.C8H12O2.6CH4/c1-8-21(23(30)33-7)12-22(16-28(6)17-26(2,3)35-25(28)32)24(31)34-27(4,5)29-13-18-9-19(14-29)11-20(10-18)15-29;9-8-7-4-2-1-3-6(7)5-10-8;;;;;;/h18-22H,8-17H2,1-7H3;6-7H,1-5H2;6*1H4. The number of methoxy groups -OCH3 is 1. The van der Waals surface area contributed by atoms with E-state index in [1.165, 1.54) is 45.6 Å². The Bertz CT molecular complexity index is 1110. The third kappa shape index (κ3) is 10.7. The van der Waals surface area contributed by atoms with E-state index in [1.807, 2.05) is 27.7 Å². The molecule has 7 aliphatic rings. The third-order valence-corrected chi connectivity index (χ3v) is 12.6. The summed E-state index contributed by atoms with van der Waals surface area (Å²) >= 11 is 0. The van der Waals surface area contributed by atoms with Crippen LogP contribution < -0.4 is 0 Å². The van der Waals surface area contributed by atoms with Crippen LogP contribution >= 0.6 is 0 Å².